The topological polar surface area (TPSA) is 63.8 Å². The average Bonchev–Trinajstić information content (AvgIpc) is 3.12. The van der Waals surface area contributed by atoms with Crippen LogP contribution in [-0.2, 0) is 4.79 Å². The number of furan rings is 1. The number of ether oxygens (including phenoxy) is 1. The van der Waals surface area contributed by atoms with Crippen LogP contribution < -0.4 is 10.2 Å². The van der Waals surface area contributed by atoms with E-state index in [4.69, 9.17) is 44.0 Å². The van der Waals surface area contributed by atoms with Crippen molar-refractivity contribution in [3.8, 4) is 17.1 Å². The fraction of sp³-hybridized carbons (Fsp3) is 0.0526. The van der Waals surface area contributed by atoms with Gasteiger partial charge in [0.1, 0.15) is 17.3 Å². The molecule has 0 unspecified atom stereocenters. The molecule has 1 heterocycles. The molecule has 0 radical (unpaired) electrons. The van der Waals surface area contributed by atoms with E-state index in [9.17, 15) is 4.79 Å². The lowest BCUT2D eigenvalue weighted by Crippen LogP contribution is -2.24. The number of hydrogen-bond acceptors (Lipinski definition) is 4. The van der Waals surface area contributed by atoms with Crippen molar-refractivity contribution in [2.24, 2.45) is 5.10 Å². The number of carbonyl (C=O) groups is 1. The lowest BCUT2D eigenvalue weighted by Gasteiger charge is -2.04. The van der Waals surface area contributed by atoms with Crippen LogP contribution in [0.4, 0.5) is 0 Å². The summed E-state index contributed by atoms with van der Waals surface area (Å²) in [5.41, 5.74) is 2.96. The number of halogens is 3. The van der Waals surface area contributed by atoms with Gasteiger partial charge in [-0.2, -0.15) is 5.10 Å². The van der Waals surface area contributed by atoms with Gasteiger partial charge >= 0.3 is 0 Å². The molecule has 1 amide bonds. The molecule has 5 nitrogen and oxygen atoms in total. The first kappa shape index (κ1) is 19.3. The molecule has 0 saturated carbocycles. The molecular weight excluding hydrogens is 411 g/mol. The van der Waals surface area contributed by atoms with E-state index in [-0.39, 0.29) is 6.61 Å². The second-order valence-electron chi connectivity index (χ2n) is 5.34. The van der Waals surface area contributed by atoms with Gasteiger partial charge in [0.25, 0.3) is 5.91 Å². The SMILES string of the molecule is O=C(COc1ccccc1)NN=Cc1ccc(-c2cc(Cl)c(Cl)cc2Cl)o1. The fourth-order valence-corrected chi connectivity index (χ4v) is 2.78. The summed E-state index contributed by atoms with van der Waals surface area (Å²) < 4.78 is 11.0. The molecule has 0 atom stereocenters. The minimum atomic E-state index is -0.394. The van der Waals surface area contributed by atoms with Crippen molar-refractivity contribution < 1.29 is 13.9 Å². The Labute approximate surface area is 170 Å². The Morgan fingerprint density at radius 2 is 1.78 bits per heavy atom. The van der Waals surface area contributed by atoms with Crippen molar-refractivity contribution in [3.63, 3.8) is 0 Å². The number of nitrogens with one attached hydrogen (secondary N) is 1. The van der Waals surface area contributed by atoms with Gasteiger partial charge in [-0.05, 0) is 36.4 Å². The molecular formula is C19H13Cl3N2O3. The molecule has 0 fully saturated rings. The zero-order chi connectivity index (χ0) is 19.2. The van der Waals surface area contributed by atoms with Gasteiger partial charge in [0.05, 0.1) is 21.3 Å². The first-order chi connectivity index (χ1) is 13.0. The van der Waals surface area contributed by atoms with Crippen molar-refractivity contribution in [3.05, 3.63) is 75.4 Å². The van der Waals surface area contributed by atoms with Crippen LogP contribution in [0.2, 0.25) is 15.1 Å². The van der Waals surface area contributed by atoms with Gasteiger partial charge < -0.3 is 9.15 Å². The van der Waals surface area contributed by atoms with E-state index in [1.54, 1.807) is 36.4 Å². The van der Waals surface area contributed by atoms with Crippen molar-refractivity contribution in [2.75, 3.05) is 6.61 Å². The van der Waals surface area contributed by atoms with Crippen LogP contribution >= 0.6 is 34.8 Å². The normalized spacial score (nSPS) is 10.9. The zero-order valence-electron chi connectivity index (χ0n) is 13.8. The molecule has 1 N–H and O–H groups in total. The third-order valence-corrected chi connectivity index (χ3v) is 4.43. The quantitative estimate of drug-likeness (QED) is 0.326. The minimum Gasteiger partial charge on any atom is -0.484 e. The van der Waals surface area contributed by atoms with Crippen molar-refractivity contribution in [1.82, 2.24) is 5.43 Å². The molecule has 3 aromatic rings. The third kappa shape index (κ3) is 5.26. The molecule has 0 aliphatic heterocycles. The first-order valence-electron chi connectivity index (χ1n) is 7.77. The Bertz CT molecular complexity index is 972. The van der Waals surface area contributed by atoms with Crippen LogP contribution in [0.1, 0.15) is 5.76 Å². The first-order valence-corrected chi connectivity index (χ1v) is 8.91. The van der Waals surface area contributed by atoms with E-state index < -0.39 is 5.91 Å². The maximum absolute atomic E-state index is 11.7. The lowest BCUT2D eigenvalue weighted by atomic mass is 10.2. The molecule has 0 aliphatic carbocycles. The Hall–Kier alpha value is -2.47. The average molecular weight is 424 g/mol. The number of benzene rings is 2. The summed E-state index contributed by atoms with van der Waals surface area (Å²) in [7, 11) is 0. The monoisotopic (exact) mass is 422 g/mol. The van der Waals surface area contributed by atoms with E-state index in [1.165, 1.54) is 6.21 Å². The number of para-hydroxylation sites is 1. The highest BCUT2D eigenvalue weighted by atomic mass is 35.5. The van der Waals surface area contributed by atoms with Crippen LogP contribution in [0.3, 0.4) is 0 Å². The maximum atomic E-state index is 11.7. The van der Waals surface area contributed by atoms with E-state index in [0.717, 1.165) is 0 Å². The van der Waals surface area contributed by atoms with E-state index in [0.29, 0.717) is 37.9 Å². The number of hydrogen-bond donors (Lipinski definition) is 1. The molecule has 8 heteroatoms. The summed E-state index contributed by atoms with van der Waals surface area (Å²) in [5.74, 6) is 1.13. The number of nitrogens with zero attached hydrogens (tertiary/aromatic N) is 1. The molecule has 3 rings (SSSR count). The molecule has 2 aromatic carbocycles. The molecule has 0 bridgehead atoms. The summed E-state index contributed by atoms with van der Waals surface area (Å²) >= 11 is 18.1. The van der Waals surface area contributed by atoms with Crippen molar-refractivity contribution in [1.29, 1.82) is 0 Å². The zero-order valence-corrected chi connectivity index (χ0v) is 16.1. The molecule has 0 aliphatic rings. The smallest absolute Gasteiger partial charge is 0.277 e. The van der Waals surface area contributed by atoms with Gasteiger partial charge in [0, 0.05) is 5.56 Å². The molecule has 27 heavy (non-hydrogen) atoms. The number of amides is 1. The number of carbonyl (C=O) groups excluding carboxylic acids is 1. The summed E-state index contributed by atoms with van der Waals surface area (Å²) in [6.45, 7) is -0.149. The third-order valence-electron chi connectivity index (χ3n) is 3.40. The van der Waals surface area contributed by atoms with Crippen LogP contribution in [0.5, 0.6) is 5.75 Å². The van der Waals surface area contributed by atoms with Gasteiger partial charge in [-0.15, -0.1) is 0 Å². The van der Waals surface area contributed by atoms with Crippen LogP contribution in [0.15, 0.2) is 64.1 Å². The van der Waals surface area contributed by atoms with E-state index >= 15 is 0 Å². The Balaban J connectivity index is 1.57. The highest BCUT2D eigenvalue weighted by molar-refractivity contribution is 6.44. The van der Waals surface area contributed by atoms with Gasteiger partial charge in [0.15, 0.2) is 6.61 Å². The summed E-state index contributed by atoms with van der Waals surface area (Å²) in [6, 6.07) is 15.6. The highest BCUT2D eigenvalue weighted by Crippen LogP contribution is 2.35. The Morgan fingerprint density at radius 1 is 1.04 bits per heavy atom. The van der Waals surface area contributed by atoms with Crippen LogP contribution in [0, 0.1) is 0 Å². The van der Waals surface area contributed by atoms with Gasteiger partial charge in [0.2, 0.25) is 0 Å². The molecule has 1 aromatic heterocycles. The second-order valence-corrected chi connectivity index (χ2v) is 6.56. The van der Waals surface area contributed by atoms with E-state index in [1.807, 2.05) is 18.2 Å². The van der Waals surface area contributed by atoms with Crippen LogP contribution in [-0.4, -0.2) is 18.7 Å². The second kappa shape index (κ2) is 8.95. The summed E-state index contributed by atoms with van der Waals surface area (Å²) in [6.07, 6.45) is 1.37. The lowest BCUT2D eigenvalue weighted by molar-refractivity contribution is -0.123. The standard InChI is InChI=1S/C19H13Cl3N2O3/c20-15-9-17(22)16(21)8-14(15)18-7-6-13(27-18)10-23-24-19(25)11-26-12-4-2-1-3-5-12/h1-10H,11H2,(H,24,25). The molecule has 0 spiro atoms. The van der Waals surface area contributed by atoms with Crippen molar-refractivity contribution in [2.45, 2.75) is 0 Å². The predicted molar refractivity (Wildman–Crippen MR) is 107 cm³/mol. The fourth-order valence-electron chi connectivity index (χ4n) is 2.14. The van der Waals surface area contributed by atoms with Gasteiger partial charge in [-0.1, -0.05) is 53.0 Å². The number of hydrazone groups is 1. The number of rotatable bonds is 6. The molecule has 0 saturated heterocycles. The summed E-state index contributed by atoms with van der Waals surface area (Å²) in [5, 5.41) is 4.98. The maximum Gasteiger partial charge on any atom is 0.277 e. The van der Waals surface area contributed by atoms with Crippen molar-refractivity contribution >= 4 is 46.9 Å². The highest BCUT2D eigenvalue weighted by Gasteiger charge is 2.11. The summed E-state index contributed by atoms with van der Waals surface area (Å²) in [4.78, 5) is 11.7. The minimum absolute atomic E-state index is 0.149. The molecule has 138 valence electrons. The predicted octanol–water partition coefficient (Wildman–Crippen LogP) is 5.44. The van der Waals surface area contributed by atoms with Gasteiger partial charge in [-0.25, -0.2) is 5.43 Å². The Morgan fingerprint density at radius 3 is 2.56 bits per heavy atom. The van der Waals surface area contributed by atoms with E-state index in [2.05, 4.69) is 10.5 Å². The van der Waals surface area contributed by atoms with Gasteiger partial charge in [-0.3, -0.25) is 4.79 Å². The van der Waals surface area contributed by atoms with Crippen LogP contribution in [0.25, 0.3) is 11.3 Å². The Kier molecular flexibility index (Phi) is 6.40. The largest absolute Gasteiger partial charge is 0.484 e.